The van der Waals surface area contributed by atoms with E-state index in [1.807, 2.05) is 24.3 Å². The number of fused-ring (bicyclic) bond motifs is 1. The number of piperidine rings is 1. The lowest BCUT2D eigenvalue weighted by Crippen LogP contribution is -2.40. The summed E-state index contributed by atoms with van der Waals surface area (Å²) in [5.74, 6) is 1.88. The van der Waals surface area contributed by atoms with Gasteiger partial charge in [0, 0.05) is 13.1 Å². The number of rotatable bonds is 5. The van der Waals surface area contributed by atoms with E-state index in [1.54, 1.807) is 18.2 Å². The van der Waals surface area contributed by atoms with E-state index >= 15 is 0 Å². The molecule has 0 N–H and O–H groups in total. The number of nitrogens with zero attached hydrogens (tertiary/aromatic N) is 4. The number of aromatic nitrogens is 2. The van der Waals surface area contributed by atoms with Crippen LogP contribution in [0.3, 0.4) is 0 Å². The van der Waals surface area contributed by atoms with Gasteiger partial charge in [-0.2, -0.15) is 5.26 Å². The van der Waals surface area contributed by atoms with Gasteiger partial charge in [0.05, 0.1) is 29.1 Å². The van der Waals surface area contributed by atoms with Crippen LogP contribution in [0.2, 0.25) is 0 Å². The van der Waals surface area contributed by atoms with Crippen LogP contribution in [0.1, 0.15) is 31.2 Å². The topological polar surface area (TPSA) is 96.2 Å². The molecule has 1 fully saturated rings. The fraction of sp³-hybridized carbons (Fsp3) is 0.375. The lowest BCUT2D eigenvalue weighted by molar-refractivity contribution is 0.355. The lowest BCUT2D eigenvalue weighted by atomic mass is 9.92. The quantitative estimate of drug-likeness (QED) is 0.576. The highest BCUT2D eigenvalue weighted by atomic mass is 32.2. The van der Waals surface area contributed by atoms with Gasteiger partial charge in [-0.25, -0.2) is 18.4 Å². The van der Waals surface area contributed by atoms with E-state index in [4.69, 9.17) is 9.72 Å². The molecule has 166 valence electrons. The number of hydrogen-bond acceptors (Lipinski definition) is 7. The molecule has 32 heavy (non-hydrogen) atoms. The van der Waals surface area contributed by atoms with E-state index in [0.29, 0.717) is 34.4 Å². The Balaban J connectivity index is 1.87. The van der Waals surface area contributed by atoms with Gasteiger partial charge in [-0.1, -0.05) is 26.0 Å². The molecule has 0 bridgehead atoms. The number of hydrogen-bond donors (Lipinski definition) is 0. The van der Waals surface area contributed by atoms with Crippen molar-refractivity contribution in [2.75, 3.05) is 25.1 Å². The summed E-state index contributed by atoms with van der Waals surface area (Å²) in [5.41, 5.74) is 1.42. The maximum absolute atomic E-state index is 13.5. The van der Waals surface area contributed by atoms with Crippen LogP contribution in [0.25, 0.3) is 11.0 Å². The highest BCUT2D eigenvalue weighted by molar-refractivity contribution is 7.92. The highest BCUT2D eigenvalue weighted by Gasteiger charge is 2.36. The average molecular weight is 451 g/mol. The van der Waals surface area contributed by atoms with Gasteiger partial charge in [0.2, 0.25) is 9.84 Å². The van der Waals surface area contributed by atoms with Crippen molar-refractivity contribution in [3.05, 3.63) is 54.2 Å². The van der Waals surface area contributed by atoms with Crippen LogP contribution in [0.15, 0.2) is 53.4 Å². The van der Waals surface area contributed by atoms with Crippen molar-refractivity contribution in [1.82, 2.24) is 9.97 Å². The molecule has 0 unspecified atom stereocenters. The van der Waals surface area contributed by atoms with Crippen LogP contribution in [0, 0.1) is 23.2 Å². The first-order valence-corrected chi connectivity index (χ1v) is 12.2. The maximum atomic E-state index is 13.5. The highest BCUT2D eigenvalue weighted by Crippen LogP contribution is 2.36. The molecule has 4 rings (SSSR count). The average Bonchev–Trinajstić information content (AvgIpc) is 2.78. The first-order chi connectivity index (χ1) is 15.3. The summed E-state index contributed by atoms with van der Waals surface area (Å²) in [5, 5.41) is 8.56. The molecule has 8 heteroatoms. The standard InChI is InChI=1S/C24H26N4O3S/c1-16-12-17(2)15-28(14-16)24-23(26-20-6-4-5-7-21(20)27-24)22(13-25)32(29,30)19-10-8-18(31-3)9-11-19/h4-11,16-17,22H,12,14-15H2,1-3H3/t16-,17-,22-/m0/s1. The van der Waals surface area contributed by atoms with E-state index in [2.05, 4.69) is 23.7 Å². The molecule has 0 spiro atoms. The summed E-state index contributed by atoms with van der Waals surface area (Å²) in [6.45, 7) is 5.83. The summed E-state index contributed by atoms with van der Waals surface area (Å²) in [6.07, 6.45) is 1.10. The first kappa shape index (κ1) is 22.0. The molecule has 1 aliphatic rings. The second kappa shape index (κ2) is 8.75. The zero-order valence-electron chi connectivity index (χ0n) is 18.4. The van der Waals surface area contributed by atoms with E-state index in [0.717, 1.165) is 19.5 Å². The zero-order chi connectivity index (χ0) is 22.9. The molecular weight excluding hydrogens is 424 g/mol. The molecule has 0 saturated carbocycles. The van der Waals surface area contributed by atoms with Gasteiger partial charge < -0.3 is 9.64 Å². The third kappa shape index (κ3) is 4.13. The number of methoxy groups -OCH3 is 1. The summed E-state index contributed by atoms with van der Waals surface area (Å²) in [4.78, 5) is 11.6. The number of para-hydroxylation sites is 2. The Hall–Kier alpha value is -3.18. The number of anilines is 1. The number of sulfone groups is 1. The minimum atomic E-state index is -4.03. The van der Waals surface area contributed by atoms with Gasteiger partial charge >= 0.3 is 0 Å². The SMILES string of the molecule is COc1ccc(S(=O)(=O)[C@@H](C#N)c2nc3ccccc3nc2N2C[C@@H](C)C[C@H](C)C2)cc1. The van der Waals surface area contributed by atoms with E-state index in [1.165, 1.54) is 19.2 Å². The van der Waals surface area contributed by atoms with Gasteiger partial charge in [-0.3, -0.25) is 0 Å². The Bertz CT molecular complexity index is 1260. The first-order valence-electron chi connectivity index (χ1n) is 10.6. The summed E-state index contributed by atoms with van der Waals surface area (Å²) in [7, 11) is -2.52. The van der Waals surface area contributed by atoms with Crippen molar-refractivity contribution in [2.45, 2.75) is 30.4 Å². The monoisotopic (exact) mass is 450 g/mol. The molecule has 1 aromatic heterocycles. The van der Waals surface area contributed by atoms with E-state index in [-0.39, 0.29) is 10.6 Å². The molecule has 7 nitrogen and oxygen atoms in total. The summed E-state index contributed by atoms with van der Waals surface area (Å²) >= 11 is 0. The fourth-order valence-corrected chi connectivity index (χ4v) is 5.81. The summed E-state index contributed by atoms with van der Waals surface area (Å²) in [6, 6.07) is 15.4. The van der Waals surface area contributed by atoms with Crippen LogP contribution in [0.5, 0.6) is 5.75 Å². The third-order valence-electron chi connectivity index (χ3n) is 5.81. The van der Waals surface area contributed by atoms with Crippen LogP contribution >= 0.6 is 0 Å². The van der Waals surface area contributed by atoms with Gasteiger partial charge in [-0.05, 0) is 54.7 Å². The maximum Gasteiger partial charge on any atom is 0.200 e. The van der Waals surface area contributed by atoms with Crippen LogP contribution in [0.4, 0.5) is 5.82 Å². The van der Waals surface area contributed by atoms with Crippen molar-refractivity contribution in [1.29, 1.82) is 5.26 Å². The van der Waals surface area contributed by atoms with E-state index in [9.17, 15) is 13.7 Å². The molecule has 1 aliphatic heterocycles. The van der Waals surface area contributed by atoms with Crippen molar-refractivity contribution in [3.63, 3.8) is 0 Å². The number of nitriles is 1. The normalized spacial score (nSPS) is 20.0. The largest absolute Gasteiger partial charge is 0.497 e. The minimum Gasteiger partial charge on any atom is -0.497 e. The zero-order valence-corrected chi connectivity index (χ0v) is 19.2. The van der Waals surface area contributed by atoms with Crippen molar-refractivity contribution >= 4 is 26.7 Å². The second-order valence-corrected chi connectivity index (χ2v) is 10.5. The van der Waals surface area contributed by atoms with Crippen molar-refractivity contribution in [3.8, 4) is 11.8 Å². The Morgan fingerprint density at radius 3 is 2.19 bits per heavy atom. The molecule has 1 saturated heterocycles. The van der Waals surface area contributed by atoms with Gasteiger partial charge in [0.1, 0.15) is 11.4 Å². The minimum absolute atomic E-state index is 0.0474. The smallest absolute Gasteiger partial charge is 0.200 e. The Kier molecular flexibility index (Phi) is 6.02. The van der Waals surface area contributed by atoms with E-state index < -0.39 is 15.1 Å². The Morgan fingerprint density at radius 2 is 1.62 bits per heavy atom. The molecule has 2 heterocycles. The molecule has 0 aliphatic carbocycles. The number of benzene rings is 2. The molecular formula is C24H26N4O3S. The third-order valence-corrected chi connectivity index (χ3v) is 7.69. The molecule has 0 amide bonds. The van der Waals surface area contributed by atoms with Crippen molar-refractivity contribution in [2.24, 2.45) is 11.8 Å². The van der Waals surface area contributed by atoms with Crippen LogP contribution in [-0.4, -0.2) is 38.6 Å². The summed E-state index contributed by atoms with van der Waals surface area (Å²) < 4.78 is 32.2. The number of ether oxygens (including phenoxy) is 1. The predicted octanol–water partition coefficient (Wildman–Crippen LogP) is 4.16. The van der Waals surface area contributed by atoms with Crippen molar-refractivity contribution < 1.29 is 13.2 Å². The van der Waals surface area contributed by atoms with Gasteiger partial charge in [-0.15, -0.1) is 0 Å². The lowest BCUT2D eigenvalue weighted by Gasteiger charge is -2.36. The predicted molar refractivity (Wildman–Crippen MR) is 123 cm³/mol. The fourth-order valence-electron chi connectivity index (χ4n) is 4.43. The van der Waals surface area contributed by atoms with Gasteiger partial charge in [0.15, 0.2) is 11.1 Å². The molecule has 3 aromatic rings. The second-order valence-electron chi connectivity index (χ2n) is 8.50. The molecule has 2 aromatic carbocycles. The van der Waals surface area contributed by atoms with Gasteiger partial charge in [0.25, 0.3) is 0 Å². The Morgan fingerprint density at radius 1 is 1.03 bits per heavy atom. The molecule has 0 radical (unpaired) electrons. The van der Waals surface area contributed by atoms with Crippen LogP contribution < -0.4 is 9.64 Å². The Labute approximate surface area is 188 Å². The molecule has 3 atom stereocenters. The van der Waals surface area contributed by atoms with Crippen LogP contribution in [-0.2, 0) is 9.84 Å².